The van der Waals surface area contributed by atoms with Crippen molar-refractivity contribution in [2.45, 2.75) is 25.8 Å². The van der Waals surface area contributed by atoms with E-state index in [9.17, 15) is 4.79 Å². The molecule has 0 radical (unpaired) electrons. The predicted molar refractivity (Wildman–Crippen MR) is 76.9 cm³/mol. The molecule has 0 saturated carbocycles. The molecular weight excluding hydrogens is 292 g/mol. The van der Waals surface area contributed by atoms with Gasteiger partial charge in [0, 0.05) is 29.2 Å². The van der Waals surface area contributed by atoms with E-state index in [0.29, 0.717) is 6.04 Å². The first-order valence-corrected chi connectivity index (χ1v) is 7.14. The van der Waals surface area contributed by atoms with E-state index in [-0.39, 0.29) is 5.91 Å². The van der Waals surface area contributed by atoms with Gasteiger partial charge in [-0.3, -0.25) is 4.79 Å². The van der Waals surface area contributed by atoms with E-state index >= 15 is 0 Å². The molecule has 1 N–H and O–H groups in total. The zero-order valence-electron chi connectivity index (χ0n) is 10.9. The second-order valence-corrected chi connectivity index (χ2v) is 5.73. The van der Waals surface area contributed by atoms with Crippen LogP contribution in [0.3, 0.4) is 0 Å². The first kappa shape index (κ1) is 13.6. The predicted octanol–water partition coefficient (Wildman–Crippen LogP) is 2.58. The van der Waals surface area contributed by atoms with E-state index in [1.165, 1.54) is 0 Å². The molecule has 1 amide bonds. The maximum absolute atomic E-state index is 12.6. The van der Waals surface area contributed by atoms with Crippen molar-refractivity contribution in [2.24, 2.45) is 0 Å². The van der Waals surface area contributed by atoms with Crippen molar-refractivity contribution < 1.29 is 4.79 Å². The van der Waals surface area contributed by atoms with Crippen molar-refractivity contribution in [1.82, 2.24) is 10.2 Å². The van der Waals surface area contributed by atoms with Crippen LogP contribution >= 0.6 is 15.9 Å². The van der Waals surface area contributed by atoms with Gasteiger partial charge in [0.15, 0.2) is 0 Å². The molecule has 0 bridgehead atoms. The number of hydrogen-bond donors (Lipinski definition) is 1. The summed E-state index contributed by atoms with van der Waals surface area (Å²) >= 11 is 3.44. The fourth-order valence-corrected chi connectivity index (χ4v) is 2.89. The van der Waals surface area contributed by atoms with Gasteiger partial charge in [-0.2, -0.15) is 0 Å². The number of hydrogen-bond acceptors (Lipinski definition) is 2. The van der Waals surface area contributed by atoms with Crippen molar-refractivity contribution in [2.75, 3.05) is 20.1 Å². The van der Waals surface area contributed by atoms with Crippen LogP contribution in [-0.2, 0) is 0 Å². The van der Waals surface area contributed by atoms with Crippen LogP contribution in [0.15, 0.2) is 22.7 Å². The molecule has 1 aliphatic heterocycles. The summed E-state index contributed by atoms with van der Waals surface area (Å²) < 4.78 is 0.959. The van der Waals surface area contributed by atoms with Gasteiger partial charge in [-0.25, -0.2) is 0 Å². The lowest BCUT2D eigenvalue weighted by Gasteiger charge is -2.25. The van der Waals surface area contributed by atoms with E-state index in [0.717, 1.165) is 41.5 Å². The SMILES string of the molecule is CNC[C@@H]1CCCN1C(=O)c1cc(Br)ccc1C. The zero-order chi connectivity index (χ0) is 13.1. The minimum Gasteiger partial charge on any atom is -0.334 e. The van der Waals surface area contributed by atoms with Gasteiger partial charge in [0.05, 0.1) is 0 Å². The highest BCUT2D eigenvalue weighted by atomic mass is 79.9. The number of likely N-dealkylation sites (N-methyl/N-ethyl adjacent to an activating group) is 1. The number of rotatable bonds is 3. The minimum atomic E-state index is 0.159. The molecule has 1 aromatic carbocycles. The van der Waals surface area contributed by atoms with Crippen molar-refractivity contribution in [3.05, 3.63) is 33.8 Å². The number of aryl methyl sites for hydroxylation is 1. The Balaban J connectivity index is 2.22. The molecular formula is C14H19BrN2O. The Morgan fingerprint density at radius 1 is 1.56 bits per heavy atom. The summed E-state index contributed by atoms with van der Waals surface area (Å²) in [6, 6.07) is 6.22. The van der Waals surface area contributed by atoms with Crippen LogP contribution in [0.2, 0.25) is 0 Å². The normalized spacial score (nSPS) is 19.3. The first-order valence-electron chi connectivity index (χ1n) is 6.35. The van der Waals surface area contributed by atoms with Crippen molar-refractivity contribution >= 4 is 21.8 Å². The summed E-state index contributed by atoms with van der Waals surface area (Å²) in [6.07, 6.45) is 2.20. The van der Waals surface area contributed by atoms with Gasteiger partial charge in [0.1, 0.15) is 0 Å². The summed E-state index contributed by atoms with van der Waals surface area (Å²) in [6.45, 7) is 3.73. The second-order valence-electron chi connectivity index (χ2n) is 4.81. The molecule has 1 aliphatic rings. The molecule has 98 valence electrons. The lowest BCUT2D eigenvalue weighted by atomic mass is 10.1. The van der Waals surface area contributed by atoms with Crippen LogP contribution in [0.4, 0.5) is 0 Å². The standard InChI is InChI=1S/C14H19BrN2O/c1-10-5-6-11(15)8-13(10)14(18)17-7-3-4-12(17)9-16-2/h5-6,8,12,16H,3-4,7,9H2,1-2H3/t12-/m0/s1. The molecule has 2 rings (SSSR count). The maximum atomic E-state index is 12.6. The van der Waals surface area contributed by atoms with Crippen LogP contribution in [0.25, 0.3) is 0 Å². The number of amides is 1. The Hall–Kier alpha value is -0.870. The average molecular weight is 311 g/mol. The van der Waals surface area contributed by atoms with Crippen molar-refractivity contribution in [1.29, 1.82) is 0 Å². The number of benzene rings is 1. The molecule has 4 heteroatoms. The summed E-state index contributed by atoms with van der Waals surface area (Å²) in [4.78, 5) is 14.6. The number of carbonyl (C=O) groups excluding carboxylic acids is 1. The van der Waals surface area contributed by atoms with E-state index in [1.54, 1.807) is 0 Å². The number of halogens is 1. The highest BCUT2D eigenvalue weighted by Crippen LogP contribution is 2.23. The molecule has 0 unspecified atom stereocenters. The fourth-order valence-electron chi connectivity index (χ4n) is 2.53. The average Bonchev–Trinajstić information content (AvgIpc) is 2.80. The van der Waals surface area contributed by atoms with Crippen LogP contribution < -0.4 is 5.32 Å². The third-order valence-corrected chi connectivity index (χ3v) is 4.00. The second kappa shape index (κ2) is 5.85. The first-order chi connectivity index (χ1) is 8.63. The molecule has 1 fully saturated rings. The van der Waals surface area contributed by atoms with Crippen LogP contribution in [-0.4, -0.2) is 37.0 Å². The van der Waals surface area contributed by atoms with Gasteiger partial charge in [-0.15, -0.1) is 0 Å². The molecule has 3 nitrogen and oxygen atoms in total. The molecule has 0 aromatic heterocycles. The highest BCUT2D eigenvalue weighted by molar-refractivity contribution is 9.10. The summed E-state index contributed by atoms with van der Waals surface area (Å²) in [5, 5.41) is 3.17. The van der Waals surface area contributed by atoms with Gasteiger partial charge in [0.2, 0.25) is 0 Å². The van der Waals surface area contributed by atoms with Gasteiger partial charge < -0.3 is 10.2 Å². The molecule has 0 spiro atoms. The van der Waals surface area contributed by atoms with E-state index in [2.05, 4.69) is 21.2 Å². The summed E-state index contributed by atoms with van der Waals surface area (Å²) in [5.74, 6) is 0.159. The zero-order valence-corrected chi connectivity index (χ0v) is 12.5. The molecule has 1 atom stereocenters. The maximum Gasteiger partial charge on any atom is 0.254 e. The number of nitrogens with zero attached hydrogens (tertiary/aromatic N) is 1. The Morgan fingerprint density at radius 3 is 3.06 bits per heavy atom. The Kier molecular flexibility index (Phi) is 4.40. The largest absolute Gasteiger partial charge is 0.334 e. The van der Waals surface area contributed by atoms with E-state index < -0.39 is 0 Å². The molecule has 1 heterocycles. The molecule has 0 aliphatic carbocycles. The highest BCUT2D eigenvalue weighted by Gasteiger charge is 2.29. The summed E-state index contributed by atoms with van der Waals surface area (Å²) in [5.41, 5.74) is 1.85. The van der Waals surface area contributed by atoms with Crippen molar-refractivity contribution in [3.8, 4) is 0 Å². The van der Waals surface area contributed by atoms with Gasteiger partial charge >= 0.3 is 0 Å². The molecule has 18 heavy (non-hydrogen) atoms. The van der Waals surface area contributed by atoms with Gasteiger partial charge in [-0.05, 0) is 44.5 Å². The van der Waals surface area contributed by atoms with Crippen LogP contribution in [0.5, 0.6) is 0 Å². The number of nitrogens with one attached hydrogen (secondary N) is 1. The quantitative estimate of drug-likeness (QED) is 0.930. The smallest absolute Gasteiger partial charge is 0.254 e. The monoisotopic (exact) mass is 310 g/mol. The Labute approximate surface area is 117 Å². The van der Waals surface area contributed by atoms with Gasteiger partial charge in [0.25, 0.3) is 5.91 Å². The number of carbonyl (C=O) groups is 1. The topological polar surface area (TPSA) is 32.3 Å². The van der Waals surface area contributed by atoms with Crippen LogP contribution in [0.1, 0.15) is 28.8 Å². The minimum absolute atomic E-state index is 0.159. The van der Waals surface area contributed by atoms with Crippen LogP contribution in [0, 0.1) is 6.92 Å². The van der Waals surface area contributed by atoms with Gasteiger partial charge in [-0.1, -0.05) is 22.0 Å². The third kappa shape index (κ3) is 2.75. The summed E-state index contributed by atoms with van der Waals surface area (Å²) in [7, 11) is 1.94. The molecule has 1 saturated heterocycles. The Morgan fingerprint density at radius 2 is 2.33 bits per heavy atom. The van der Waals surface area contributed by atoms with Crippen molar-refractivity contribution in [3.63, 3.8) is 0 Å². The Bertz CT molecular complexity index is 447. The van der Waals surface area contributed by atoms with E-state index in [4.69, 9.17) is 0 Å². The lowest BCUT2D eigenvalue weighted by Crippen LogP contribution is -2.41. The third-order valence-electron chi connectivity index (χ3n) is 3.51. The van der Waals surface area contributed by atoms with E-state index in [1.807, 2.05) is 37.1 Å². The molecule has 1 aromatic rings. The number of likely N-dealkylation sites (tertiary alicyclic amines) is 1. The lowest BCUT2D eigenvalue weighted by molar-refractivity contribution is 0.0736. The fraction of sp³-hybridized carbons (Fsp3) is 0.500.